The van der Waals surface area contributed by atoms with Crippen molar-refractivity contribution in [1.82, 2.24) is 0 Å². The predicted molar refractivity (Wildman–Crippen MR) is 79.8 cm³/mol. The van der Waals surface area contributed by atoms with Crippen LogP contribution >= 0.6 is 0 Å². The number of unbranched alkanes of at least 4 members (excludes halogenated alkanes) is 1. The molecule has 1 aromatic rings. The molecule has 2 atom stereocenters. The molecule has 0 aromatic heterocycles. The Morgan fingerprint density at radius 3 is 2.53 bits per heavy atom. The fraction of sp³-hybridized carbons (Fsp3) is 0.562. The molecule has 0 aliphatic carbocycles. The van der Waals surface area contributed by atoms with Crippen LogP contribution in [0.3, 0.4) is 0 Å². The summed E-state index contributed by atoms with van der Waals surface area (Å²) in [6.07, 6.45) is 4.14. The number of carbonyl (C=O) groups excluding carboxylic acids is 1. The second-order valence-electron chi connectivity index (χ2n) is 5.36. The van der Waals surface area contributed by atoms with Gasteiger partial charge in [-0.25, -0.2) is 0 Å². The SMILES string of the molecule is C[C@H](CC(=O)C(N)CCCCN)Cc1ccccc1. The smallest absolute Gasteiger partial charge is 0.149 e. The number of benzene rings is 1. The summed E-state index contributed by atoms with van der Waals surface area (Å²) >= 11 is 0. The highest BCUT2D eigenvalue weighted by Gasteiger charge is 2.16. The van der Waals surface area contributed by atoms with Gasteiger partial charge in [-0.3, -0.25) is 4.79 Å². The first-order chi connectivity index (χ1) is 9.13. The van der Waals surface area contributed by atoms with E-state index in [-0.39, 0.29) is 11.8 Å². The summed E-state index contributed by atoms with van der Waals surface area (Å²) in [4.78, 5) is 12.0. The molecule has 0 saturated carbocycles. The first-order valence-electron chi connectivity index (χ1n) is 7.15. The van der Waals surface area contributed by atoms with Crippen LogP contribution in [0, 0.1) is 5.92 Å². The molecule has 0 aliphatic heterocycles. The summed E-state index contributed by atoms with van der Waals surface area (Å²) in [5.41, 5.74) is 12.6. The molecule has 3 heteroatoms. The number of hydrogen-bond donors (Lipinski definition) is 2. The molecule has 0 spiro atoms. The minimum absolute atomic E-state index is 0.181. The molecule has 0 aliphatic rings. The van der Waals surface area contributed by atoms with Crippen molar-refractivity contribution in [2.24, 2.45) is 17.4 Å². The highest BCUT2D eigenvalue weighted by molar-refractivity contribution is 5.83. The van der Waals surface area contributed by atoms with Crippen LogP contribution in [-0.4, -0.2) is 18.4 Å². The molecule has 0 radical (unpaired) electrons. The maximum Gasteiger partial charge on any atom is 0.149 e. The minimum Gasteiger partial charge on any atom is -0.330 e. The summed E-state index contributed by atoms with van der Waals surface area (Å²) in [5.74, 6) is 0.524. The van der Waals surface area contributed by atoms with Crippen LogP contribution in [0.15, 0.2) is 30.3 Å². The molecular weight excluding hydrogens is 236 g/mol. The van der Waals surface area contributed by atoms with Crippen LogP contribution in [0.5, 0.6) is 0 Å². The van der Waals surface area contributed by atoms with E-state index in [4.69, 9.17) is 11.5 Å². The fourth-order valence-electron chi connectivity index (χ4n) is 2.25. The second-order valence-corrected chi connectivity index (χ2v) is 5.36. The number of nitrogens with two attached hydrogens (primary N) is 2. The van der Waals surface area contributed by atoms with Gasteiger partial charge in [-0.05, 0) is 37.3 Å². The maximum absolute atomic E-state index is 12.0. The lowest BCUT2D eigenvalue weighted by Crippen LogP contribution is -2.31. The van der Waals surface area contributed by atoms with Crippen molar-refractivity contribution in [2.45, 2.75) is 45.1 Å². The van der Waals surface area contributed by atoms with Crippen LogP contribution in [-0.2, 0) is 11.2 Å². The zero-order chi connectivity index (χ0) is 14.1. The third-order valence-electron chi connectivity index (χ3n) is 3.36. The Balaban J connectivity index is 2.31. The number of rotatable bonds is 9. The quantitative estimate of drug-likeness (QED) is 0.671. The molecule has 0 amide bonds. The summed E-state index contributed by atoms with van der Waals surface area (Å²) in [7, 11) is 0. The van der Waals surface area contributed by atoms with Gasteiger partial charge in [0.25, 0.3) is 0 Å². The fourth-order valence-corrected chi connectivity index (χ4v) is 2.25. The molecule has 1 aromatic carbocycles. The van der Waals surface area contributed by atoms with Gasteiger partial charge in [0.15, 0.2) is 0 Å². The predicted octanol–water partition coefficient (Wildman–Crippen LogP) is 2.28. The molecule has 0 bridgehead atoms. The van der Waals surface area contributed by atoms with Gasteiger partial charge in [-0.15, -0.1) is 0 Å². The molecular formula is C16H26N2O. The third-order valence-corrected chi connectivity index (χ3v) is 3.36. The number of ketones is 1. The summed E-state index contributed by atoms with van der Waals surface area (Å²) in [5, 5.41) is 0. The van der Waals surface area contributed by atoms with Gasteiger partial charge in [0.2, 0.25) is 0 Å². The van der Waals surface area contributed by atoms with Crippen molar-refractivity contribution in [2.75, 3.05) is 6.54 Å². The Hall–Kier alpha value is -1.19. The molecule has 4 N–H and O–H groups in total. The van der Waals surface area contributed by atoms with Gasteiger partial charge >= 0.3 is 0 Å². The zero-order valence-electron chi connectivity index (χ0n) is 11.8. The second kappa shape index (κ2) is 8.83. The van der Waals surface area contributed by atoms with Crippen molar-refractivity contribution >= 4 is 5.78 Å². The highest BCUT2D eigenvalue weighted by Crippen LogP contribution is 2.13. The first kappa shape index (κ1) is 15.9. The van der Waals surface area contributed by atoms with Crippen molar-refractivity contribution in [3.8, 4) is 0 Å². The molecule has 1 rings (SSSR count). The van der Waals surface area contributed by atoms with E-state index < -0.39 is 0 Å². The Kier molecular flexibility index (Phi) is 7.38. The Morgan fingerprint density at radius 1 is 1.21 bits per heavy atom. The van der Waals surface area contributed by atoms with E-state index in [0.29, 0.717) is 18.9 Å². The van der Waals surface area contributed by atoms with E-state index in [1.165, 1.54) is 5.56 Å². The van der Waals surface area contributed by atoms with Crippen molar-refractivity contribution in [1.29, 1.82) is 0 Å². The Bertz CT molecular complexity index is 364. The van der Waals surface area contributed by atoms with E-state index in [1.54, 1.807) is 0 Å². The van der Waals surface area contributed by atoms with Crippen LogP contribution < -0.4 is 11.5 Å². The van der Waals surface area contributed by atoms with Crippen LogP contribution in [0.2, 0.25) is 0 Å². The van der Waals surface area contributed by atoms with E-state index in [9.17, 15) is 4.79 Å². The normalized spacial score (nSPS) is 14.1. The van der Waals surface area contributed by atoms with Gasteiger partial charge < -0.3 is 11.5 Å². The third kappa shape index (κ3) is 6.50. The Morgan fingerprint density at radius 2 is 1.89 bits per heavy atom. The molecule has 0 heterocycles. The molecule has 0 fully saturated rings. The molecule has 106 valence electrons. The minimum atomic E-state index is -0.315. The van der Waals surface area contributed by atoms with Gasteiger partial charge in [-0.2, -0.15) is 0 Å². The van der Waals surface area contributed by atoms with Gasteiger partial charge in [0, 0.05) is 6.42 Å². The van der Waals surface area contributed by atoms with E-state index in [0.717, 1.165) is 25.7 Å². The topological polar surface area (TPSA) is 69.1 Å². The standard InChI is InChI=1S/C16H26N2O/c1-13(11-14-7-3-2-4-8-14)12-16(19)15(18)9-5-6-10-17/h2-4,7-8,13,15H,5-6,9-12,17-18H2,1H3/t13-,15?/m0/s1. The van der Waals surface area contributed by atoms with Gasteiger partial charge in [0.1, 0.15) is 5.78 Å². The lowest BCUT2D eigenvalue weighted by Gasteiger charge is -2.14. The van der Waals surface area contributed by atoms with Gasteiger partial charge in [0.05, 0.1) is 6.04 Å². The molecule has 1 unspecified atom stereocenters. The van der Waals surface area contributed by atoms with E-state index in [1.807, 2.05) is 18.2 Å². The average molecular weight is 262 g/mol. The van der Waals surface area contributed by atoms with Crippen molar-refractivity contribution < 1.29 is 4.79 Å². The Labute approximate surface area is 116 Å². The van der Waals surface area contributed by atoms with E-state index >= 15 is 0 Å². The number of carbonyl (C=O) groups is 1. The lowest BCUT2D eigenvalue weighted by molar-refractivity contribution is -0.121. The van der Waals surface area contributed by atoms with Crippen molar-refractivity contribution in [3.05, 3.63) is 35.9 Å². The number of hydrogen-bond acceptors (Lipinski definition) is 3. The highest BCUT2D eigenvalue weighted by atomic mass is 16.1. The van der Waals surface area contributed by atoms with E-state index in [2.05, 4.69) is 19.1 Å². The zero-order valence-corrected chi connectivity index (χ0v) is 11.8. The van der Waals surface area contributed by atoms with Gasteiger partial charge in [-0.1, -0.05) is 43.7 Å². The van der Waals surface area contributed by atoms with Crippen LogP contribution in [0.4, 0.5) is 0 Å². The summed E-state index contributed by atoms with van der Waals surface area (Å²) < 4.78 is 0. The molecule has 3 nitrogen and oxygen atoms in total. The summed E-state index contributed by atoms with van der Waals surface area (Å²) in [6.45, 7) is 2.78. The molecule has 0 saturated heterocycles. The molecule has 19 heavy (non-hydrogen) atoms. The largest absolute Gasteiger partial charge is 0.330 e. The first-order valence-corrected chi connectivity index (χ1v) is 7.15. The van der Waals surface area contributed by atoms with Crippen LogP contribution in [0.25, 0.3) is 0 Å². The number of Topliss-reactive ketones (excluding diaryl/α,β-unsaturated/α-hetero) is 1. The average Bonchev–Trinajstić information content (AvgIpc) is 2.39. The summed E-state index contributed by atoms with van der Waals surface area (Å²) in [6, 6.07) is 9.95. The monoisotopic (exact) mass is 262 g/mol. The lowest BCUT2D eigenvalue weighted by atomic mass is 9.92. The van der Waals surface area contributed by atoms with Crippen LogP contribution in [0.1, 0.15) is 38.2 Å². The van der Waals surface area contributed by atoms with Crippen molar-refractivity contribution in [3.63, 3.8) is 0 Å². The maximum atomic E-state index is 12.0.